The minimum Gasteiger partial charge on any atom is -0.489 e. The van der Waals surface area contributed by atoms with E-state index in [1.165, 1.54) is 5.56 Å². The molecule has 0 amide bonds. The maximum absolute atomic E-state index is 6.14. The summed E-state index contributed by atoms with van der Waals surface area (Å²) in [5, 5.41) is 4.65. The van der Waals surface area contributed by atoms with Crippen molar-refractivity contribution in [3.63, 3.8) is 0 Å². The van der Waals surface area contributed by atoms with E-state index in [0.717, 1.165) is 44.0 Å². The summed E-state index contributed by atoms with van der Waals surface area (Å²) in [5.41, 5.74) is 2.14. The summed E-state index contributed by atoms with van der Waals surface area (Å²) in [6, 6.07) is 13.5. The van der Waals surface area contributed by atoms with Gasteiger partial charge in [-0.3, -0.25) is 0 Å². The minimum atomic E-state index is 0.422. The van der Waals surface area contributed by atoms with Crippen LogP contribution in [0, 0.1) is 0 Å². The van der Waals surface area contributed by atoms with Gasteiger partial charge in [0.1, 0.15) is 12.4 Å². The van der Waals surface area contributed by atoms with Crippen molar-refractivity contribution in [2.24, 2.45) is 0 Å². The topological polar surface area (TPSA) is 30.5 Å². The standard InChI is InChI=1S/C19H23Cl2NO2/c1-2-23-11-3-10-22-13-15-4-8-18(9-5-15)24-14-16-6-7-17(20)12-19(16)21/h4-9,12,22H,2-3,10-11,13-14H2,1H3. The van der Waals surface area contributed by atoms with Gasteiger partial charge in [0, 0.05) is 35.4 Å². The van der Waals surface area contributed by atoms with Gasteiger partial charge in [-0.15, -0.1) is 0 Å². The summed E-state index contributed by atoms with van der Waals surface area (Å²) in [4.78, 5) is 0. The highest BCUT2D eigenvalue weighted by Gasteiger charge is 2.03. The molecule has 130 valence electrons. The molecule has 0 heterocycles. The Balaban J connectivity index is 1.73. The van der Waals surface area contributed by atoms with Crippen LogP contribution >= 0.6 is 23.2 Å². The number of rotatable bonds is 10. The Kier molecular flexibility index (Phi) is 8.40. The number of ether oxygens (including phenoxy) is 2. The van der Waals surface area contributed by atoms with E-state index in [0.29, 0.717) is 16.7 Å². The molecular formula is C19H23Cl2NO2. The fourth-order valence-corrected chi connectivity index (χ4v) is 2.64. The van der Waals surface area contributed by atoms with Crippen LogP contribution in [0.1, 0.15) is 24.5 Å². The summed E-state index contributed by atoms with van der Waals surface area (Å²) in [6.45, 7) is 5.82. The van der Waals surface area contributed by atoms with Crippen LogP contribution in [-0.2, 0) is 17.9 Å². The predicted molar refractivity (Wildman–Crippen MR) is 100 cm³/mol. The fraction of sp³-hybridized carbons (Fsp3) is 0.368. The third-order valence-electron chi connectivity index (χ3n) is 3.51. The van der Waals surface area contributed by atoms with Crippen LogP contribution in [0.4, 0.5) is 0 Å². The number of benzene rings is 2. The maximum Gasteiger partial charge on any atom is 0.119 e. The maximum atomic E-state index is 6.14. The summed E-state index contributed by atoms with van der Waals surface area (Å²) < 4.78 is 11.1. The van der Waals surface area contributed by atoms with Crippen LogP contribution in [0.25, 0.3) is 0 Å². The lowest BCUT2D eigenvalue weighted by Gasteiger charge is -2.09. The molecule has 0 atom stereocenters. The number of nitrogens with one attached hydrogen (secondary N) is 1. The van der Waals surface area contributed by atoms with Gasteiger partial charge in [0.2, 0.25) is 0 Å². The van der Waals surface area contributed by atoms with Crippen LogP contribution in [0.2, 0.25) is 10.0 Å². The molecule has 0 saturated carbocycles. The third-order valence-corrected chi connectivity index (χ3v) is 4.10. The quantitative estimate of drug-likeness (QED) is 0.593. The van der Waals surface area contributed by atoms with E-state index in [1.807, 2.05) is 31.2 Å². The highest BCUT2D eigenvalue weighted by Crippen LogP contribution is 2.22. The summed E-state index contributed by atoms with van der Waals surface area (Å²) >= 11 is 12.0. The normalized spacial score (nSPS) is 10.8. The molecule has 0 fully saturated rings. The molecule has 1 N–H and O–H groups in total. The van der Waals surface area contributed by atoms with Crippen molar-refractivity contribution in [1.82, 2.24) is 5.32 Å². The van der Waals surface area contributed by atoms with Gasteiger partial charge in [-0.2, -0.15) is 0 Å². The second kappa shape index (κ2) is 10.6. The molecule has 0 radical (unpaired) electrons. The van der Waals surface area contributed by atoms with Gasteiger partial charge < -0.3 is 14.8 Å². The van der Waals surface area contributed by atoms with E-state index in [-0.39, 0.29) is 0 Å². The number of halogens is 2. The molecule has 0 bridgehead atoms. The molecule has 0 aliphatic rings. The van der Waals surface area contributed by atoms with Crippen molar-refractivity contribution in [3.05, 3.63) is 63.6 Å². The highest BCUT2D eigenvalue weighted by atomic mass is 35.5. The monoisotopic (exact) mass is 367 g/mol. The van der Waals surface area contributed by atoms with E-state index < -0.39 is 0 Å². The van der Waals surface area contributed by atoms with Crippen LogP contribution in [-0.4, -0.2) is 19.8 Å². The molecule has 24 heavy (non-hydrogen) atoms. The van der Waals surface area contributed by atoms with Gasteiger partial charge in [-0.05, 0) is 49.7 Å². The van der Waals surface area contributed by atoms with E-state index in [2.05, 4.69) is 17.4 Å². The van der Waals surface area contributed by atoms with Crippen LogP contribution in [0.3, 0.4) is 0 Å². The molecule has 2 rings (SSSR count). The average Bonchev–Trinajstić information content (AvgIpc) is 2.58. The molecule has 0 spiro atoms. The molecule has 0 aromatic heterocycles. The third kappa shape index (κ3) is 6.70. The van der Waals surface area contributed by atoms with Crippen molar-refractivity contribution in [3.8, 4) is 5.75 Å². The Morgan fingerprint density at radius 2 is 1.83 bits per heavy atom. The van der Waals surface area contributed by atoms with Gasteiger partial charge in [-0.25, -0.2) is 0 Å². The lowest BCUT2D eigenvalue weighted by molar-refractivity contribution is 0.144. The first-order valence-corrected chi connectivity index (χ1v) is 8.88. The Hall–Kier alpha value is -1.26. The smallest absolute Gasteiger partial charge is 0.119 e. The van der Waals surface area contributed by atoms with Crippen LogP contribution < -0.4 is 10.1 Å². The number of hydrogen-bond acceptors (Lipinski definition) is 3. The zero-order chi connectivity index (χ0) is 17.2. The fourth-order valence-electron chi connectivity index (χ4n) is 2.18. The van der Waals surface area contributed by atoms with Crippen molar-refractivity contribution in [2.75, 3.05) is 19.8 Å². The summed E-state index contributed by atoms with van der Waals surface area (Å²) in [6.07, 6.45) is 1.02. The Labute approximate surface area is 153 Å². The molecule has 2 aromatic carbocycles. The van der Waals surface area contributed by atoms with Crippen molar-refractivity contribution >= 4 is 23.2 Å². The van der Waals surface area contributed by atoms with Crippen LogP contribution in [0.15, 0.2) is 42.5 Å². The lowest BCUT2D eigenvalue weighted by atomic mass is 10.2. The molecule has 0 saturated heterocycles. The van der Waals surface area contributed by atoms with Crippen molar-refractivity contribution in [2.45, 2.75) is 26.5 Å². The van der Waals surface area contributed by atoms with E-state index in [1.54, 1.807) is 6.07 Å². The molecule has 0 aliphatic carbocycles. The molecule has 5 heteroatoms. The first-order chi connectivity index (χ1) is 11.7. The predicted octanol–water partition coefficient (Wildman–Crippen LogP) is 5.09. The Morgan fingerprint density at radius 1 is 1.04 bits per heavy atom. The molecule has 0 aliphatic heterocycles. The lowest BCUT2D eigenvalue weighted by Crippen LogP contribution is -2.16. The van der Waals surface area contributed by atoms with Gasteiger partial charge in [0.25, 0.3) is 0 Å². The molecular weight excluding hydrogens is 345 g/mol. The van der Waals surface area contributed by atoms with Crippen molar-refractivity contribution in [1.29, 1.82) is 0 Å². The van der Waals surface area contributed by atoms with Gasteiger partial charge in [0.15, 0.2) is 0 Å². The zero-order valence-electron chi connectivity index (χ0n) is 13.9. The van der Waals surface area contributed by atoms with E-state index in [9.17, 15) is 0 Å². The molecule has 0 unspecified atom stereocenters. The largest absolute Gasteiger partial charge is 0.489 e. The Bertz CT molecular complexity index is 617. The SMILES string of the molecule is CCOCCCNCc1ccc(OCc2ccc(Cl)cc2Cl)cc1. The number of hydrogen-bond donors (Lipinski definition) is 1. The van der Waals surface area contributed by atoms with E-state index >= 15 is 0 Å². The van der Waals surface area contributed by atoms with Crippen molar-refractivity contribution < 1.29 is 9.47 Å². The minimum absolute atomic E-state index is 0.422. The highest BCUT2D eigenvalue weighted by molar-refractivity contribution is 6.35. The average molecular weight is 368 g/mol. The van der Waals surface area contributed by atoms with Crippen LogP contribution in [0.5, 0.6) is 5.75 Å². The second-order valence-corrected chi connectivity index (χ2v) is 6.24. The van der Waals surface area contributed by atoms with Gasteiger partial charge >= 0.3 is 0 Å². The van der Waals surface area contributed by atoms with E-state index in [4.69, 9.17) is 32.7 Å². The molecule has 3 nitrogen and oxygen atoms in total. The Morgan fingerprint density at radius 3 is 2.54 bits per heavy atom. The summed E-state index contributed by atoms with van der Waals surface area (Å²) in [7, 11) is 0. The van der Waals surface area contributed by atoms with Gasteiger partial charge in [-0.1, -0.05) is 41.4 Å². The zero-order valence-corrected chi connectivity index (χ0v) is 15.4. The van der Waals surface area contributed by atoms with Gasteiger partial charge in [0.05, 0.1) is 0 Å². The first-order valence-electron chi connectivity index (χ1n) is 8.13. The second-order valence-electron chi connectivity index (χ2n) is 5.40. The molecule has 2 aromatic rings. The first kappa shape index (κ1) is 19.1. The summed E-state index contributed by atoms with van der Waals surface area (Å²) in [5.74, 6) is 0.820.